The standard InChI is InChI=1S/C18H40N2/c1-16(2)15-17(3)18(4,5)11-10-14-20-13-9-7-8-12-19-6/h16-17,19-20H,7-15H2,1-6H3. The van der Waals surface area contributed by atoms with Gasteiger partial charge in [-0.3, -0.25) is 0 Å². The molecule has 1 atom stereocenters. The Morgan fingerprint density at radius 3 is 2.05 bits per heavy atom. The first-order valence-corrected chi connectivity index (χ1v) is 8.75. The summed E-state index contributed by atoms with van der Waals surface area (Å²) >= 11 is 0. The van der Waals surface area contributed by atoms with Crippen molar-refractivity contribution in [2.75, 3.05) is 26.7 Å². The van der Waals surface area contributed by atoms with Crippen molar-refractivity contribution < 1.29 is 0 Å². The monoisotopic (exact) mass is 284 g/mol. The average molecular weight is 285 g/mol. The van der Waals surface area contributed by atoms with Gasteiger partial charge >= 0.3 is 0 Å². The molecule has 0 aromatic carbocycles. The van der Waals surface area contributed by atoms with Crippen molar-refractivity contribution in [1.29, 1.82) is 0 Å². The number of rotatable bonds is 13. The maximum absolute atomic E-state index is 3.59. The highest BCUT2D eigenvalue weighted by molar-refractivity contribution is 4.76. The first-order chi connectivity index (χ1) is 9.40. The van der Waals surface area contributed by atoms with E-state index in [-0.39, 0.29) is 0 Å². The summed E-state index contributed by atoms with van der Waals surface area (Å²) in [7, 11) is 2.03. The van der Waals surface area contributed by atoms with Crippen LogP contribution in [0.3, 0.4) is 0 Å². The molecule has 0 saturated heterocycles. The predicted molar refractivity (Wildman–Crippen MR) is 92.3 cm³/mol. The SMILES string of the molecule is CNCCCCCNCCCC(C)(C)C(C)CC(C)C. The molecule has 1 unspecified atom stereocenters. The van der Waals surface area contributed by atoms with Gasteiger partial charge in [0.25, 0.3) is 0 Å². The Labute approximate surface area is 128 Å². The summed E-state index contributed by atoms with van der Waals surface area (Å²) in [5, 5.41) is 6.79. The van der Waals surface area contributed by atoms with E-state index < -0.39 is 0 Å². The van der Waals surface area contributed by atoms with Gasteiger partial charge in [-0.2, -0.15) is 0 Å². The molecule has 0 rings (SSSR count). The third-order valence-electron chi connectivity index (χ3n) is 4.61. The average Bonchev–Trinajstić information content (AvgIpc) is 2.36. The molecule has 0 amide bonds. The summed E-state index contributed by atoms with van der Waals surface area (Å²) in [6.07, 6.45) is 7.96. The van der Waals surface area contributed by atoms with Crippen molar-refractivity contribution in [3.8, 4) is 0 Å². The van der Waals surface area contributed by atoms with Crippen LogP contribution in [0, 0.1) is 17.3 Å². The van der Waals surface area contributed by atoms with Gasteiger partial charge in [0.05, 0.1) is 0 Å². The first-order valence-electron chi connectivity index (χ1n) is 8.75. The van der Waals surface area contributed by atoms with Crippen LogP contribution in [0.1, 0.15) is 73.1 Å². The Balaban J connectivity index is 3.53. The van der Waals surface area contributed by atoms with Crippen molar-refractivity contribution in [1.82, 2.24) is 10.6 Å². The minimum Gasteiger partial charge on any atom is -0.320 e. The lowest BCUT2D eigenvalue weighted by Gasteiger charge is -2.33. The maximum Gasteiger partial charge on any atom is -0.00487 e. The van der Waals surface area contributed by atoms with Crippen LogP contribution in [0.25, 0.3) is 0 Å². The molecule has 0 aliphatic carbocycles. The Morgan fingerprint density at radius 2 is 1.45 bits per heavy atom. The fourth-order valence-electron chi connectivity index (χ4n) is 2.80. The normalized spacial score (nSPS) is 13.9. The minimum atomic E-state index is 0.485. The van der Waals surface area contributed by atoms with E-state index in [1.807, 2.05) is 7.05 Å². The predicted octanol–water partition coefficient (Wildman–Crippen LogP) is 4.45. The minimum absolute atomic E-state index is 0.485. The molecule has 20 heavy (non-hydrogen) atoms. The van der Waals surface area contributed by atoms with Gasteiger partial charge in [0, 0.05) is 0 Å². The zero-order chi connectivity index (χ0) is 15.4. The van der Waals surface area contributed by atoms with Crippen LogP contribution in [-0.2, 0) is 0 Å². The van der Waals surface area contributed by atoms with E-state index >= 15 is 0 Å². The molecular formula is C18H40N2. The summed E-state index contributed by atoms with van der Waals surface area (Å²) in [6, 6.07) is 0. The molecule has 0 aliphatic rings. The first kappa shape index (κ1) is 19.9. The molecular weight excluding hydrogens is 244 g/mol. The van der Waals surface area contributed by atoms with E-state index in [2.05, 4.69) is 45.3 Å². The zero-order valence-electron chi connectivity index (χ0n) is 15.0. The number of hydrogen-bond donors (Lipinski definition) is 2. The van der Waals surface area contributed by atoms with Crippen LogP contribution in [0.15, 0.2) is 0 Å². The molecule has 0 aromatic rings. The van der Waals surface area contributed by atoms with E-state index in [4.69, 9.17) is 0 Å². The third kappa shape index (κ3) is 10.7. The molecule has 2 heteroatoms. The van der Waals surface area contributed by atoms with E-state index in [0.29, 0.717) is 5.41 Å². The molecule has 122 valence electrons. The van der Waals surface area contributed by atoms with Crippen LogP contribution in [0.5, 0.6) is 0 Å². The van der Waals surface area contributed by atoms with E-state index in [1.165, 1.54) is 51.6 Å². The molecule has 0 bridgehead atoms. The molecule has 2 N–H and O–H groups in total. The molecule has 2 nitrogen and oxygen atoms in total. The Bertz CT molecular complexity index is 211. The van der Waals surface area contributed by atoms with Gasteiger partial charge in [-0.25, -0.2) is 0 Å². The van der Waals surface area contributed by atoms with Crippen molar-refractivity contribution in [2.45, 2.75) is 73.1 Å². The lowest BCUT2D eigenvalue weighted by Crippen LogP contribution is -2.25. The van der Waals surface area contributed by atoms with Gasteiger partial charge in [-0.15, -0.1) is 0 Å². The molecule has 0 radical (unpaired) electrons. The number of hydrogen-bond acceptors (Lipinski definition) is 2. The Morgan fingerprint density at radius 1 is 0.850 bits per heavy atom. The summed E-state index contributed by atoms with van der Waals surface area (Å²) in [5.41, 5.74) is 0.485. The van der Waals surface area contributed by atoms with Crippen LogP contribution < -0.4 is 10.6 Å². The topological polar surface area (TPSA) is 24.1 Å². The van der Waals surface area contributed by atoms with Crippen molar-refractivity contribution in [3.05, 3.63) is 0 Å². The van der Waals surface area contributed by atoms with Gasteiger partial charge in [0.1, 0.15) is 0 Å². The summed E-state index contributed by atoms with van der Waals surface area (Å²) in [5.74, 6) is 1.64. The van der Waals surface area contributed by atoms with Crippen LogP contribution in [0.2, 0.25) is 0 Å². The molecule has 0 aliphatic heterocycles. The summed E-state index contributed by atoms with van der Waals surface area (Å²) in [6.45, 7) is 15.5. The van der Waals surface area contributed by atoms with E-state index in [0.717, 1.165) is 18.4 Å². The lowest BCUT2D eigenvalue weighted by atomic mass is 9.73. The fourth-order valence-corrected chi connectivity index (χ4v) is 2.80. The van der Waals surface area contributed by atoms with Crippen molar-refractivity contribution >= 4 is 0 Å². The highest BCUT2D eigenvalue weighted by Gasteiger charge is 2.25. The third-order valence-corrected chi connectivity index (χ3v) is 4.61. The fraction of sp³-hybridized carbons (Fsp3) is 1.00. The Hall–Kier alpha value is -0.0800. The molecule has 0 fully saturated rings. The number of nitrogens with one attached hydrogen (secondary N) is 2. The largest absolute Gasteiger partial charge is 0.320 e. The summed E-state index contributed by atoms with van der Waals surface area (Å²) in [4.78, 5) is 0. The molecule has 0 saturated carbocycles. The zero-order valence-corrected chi connectivity index (χ0v) is 15.0. The number of unbranched alkanes of at least 4 members (excludes halogenated alkanes) is 2. The van der Waals surface area contributed by atoms with Gasteiger partial charge in [0.2, 0.25) is 0 Å². The molecule has 0 aromatic heterocycles. The highest BCUT2D eigenvalue weighted by Crippen LogP contribution is 2.35. The quantitative estimate of drug-likeness (QED) is 0.488. The van der Waals surface area contributed by atoms with Crippen LogP contribution in [0.4, 0.5) is 0 Å². The van der Waals surface area contributed by atoms with Gasteiger partial charge < -0.3 is 10.6 Å². The van der Waals surface area contributed by atoms with E-state index in [1.54, 1.807) is 0 Å². The highest BCUT2D eigenvalue weighted by atomic mass is 14.8. The van der Waals surface area contributed by atoms with Gasteiger partial charge in [0.15, 0.2) is 0 Å². The second kappa shape index (κ2) is 11.6. The Kier molecular flexibility index (Phi) is 11.5. The molecule has 0 spiro atoms. The van der Waals surface area contributed by atoms with Crippen LogP contribution in [-0.4, -0.2) is 26.7 Å². The van der Waals surface area contributed by atoms with Crippen LogP contribution >= 0.6 is 0 Å². The van der Waals surface area contributed by atoms with Gasteiger partial charge in [-0.05, 0) is 76.0 Å². The maximum atomic E-state index is 3.59. The van der Waals surface area contributed by atoms with Crippen molar-refractivity contribution in [3.63, 3.8) is 0 Å². The second-order valence-corrected chi connectivity index (χ2v) is 7.54. The van der Waals surface area contributed by atoms with Gasteiger partial charge in [-0.1, -0.05) is 41.0 Å². The lowest BCUT2D eigenvalue weighted by molar-refractivity contribution is 0.179. The van der Waals surface area contributed by atoms with E-state index in [9.17, 15) is 0 Å². The smallest absolute Gasteiger partial charge is 0.00487 e. The van der Waals surface area contributed by atoms with Crippen molar-refractivity contribution in [2.24, 2.45) is 17.3 Å². The summed E-state index contributed by atoms with van der Waals surface area (Å²) < 4.78 is 0. The second-order valence-electron chi connectivity index (χ2n) is 7.54. The molecule has 0 heterocycles.